The van der Waals surface area contributed by atoms with Gasteiger partial charge in [0.15, 0.2) is 11.5 Å². The van der Waals surface area contributed by atoms with E-state index in [1.54, 1.807) is 24.1 Å². The van der Waals surface area contributed by atoms with Crippen LogP contribution in [0.5, 0.6) is 17.2 Å². The number of alkyl halides is 3. The van der Waals surface area contributed by atoms with E-state index in [1.807, 2.05) is 6.07 Å². The Hall–Kier alpha value is -3.57. The van der Waals surface area contributed by atoms with Crippen LogP contribution in [0.1, 0.15) is 55.7 Å². The van der Waals surface area contributed by atoms with Crippen LogP contribution in [0.15, 0.2) is 42.5 Å². The van der Waals surface area contributed by atoms with Crippen molar-refractivity contribution in [3.8, 4) is 17.2 Å². The number of hydrogen-bond acceptors (Lipinski definition) is 7. The van der Waals surface area contributed by atoms with Gasteiger partial charge in [0.2, 0.25) is 5.91 Å². The molecule has 1 amide bonds. The first-order valence-electron chi connectivity index (χ1n) is 15.2. The van der Waals surface area contributed by atoms with Crippen LogP contribution < -0.4 is 14.2 Å². The summed E-state index contributed by atoms with van der Waals surface area (Å²) >= 11 is 0. The normalized spacial score (nSPS) is 30.5. The number of halogens is 3. The van der Waals surface area contributed by atoms with E-state index in [9.17, 15) is 27.9 Å². The van der Waals surface area contributed by atoms with E-state index in [-0.39, 0.29) is 17.7 Å². The first-order valence-corrected chi connectivity index (χ1v) is 15.2. The van der Waals surface area contributed by atoms with Crippen molar-refractivity contribution >= 4 is 18.0 Å². The summed E-state index contributed by atoms with van der Waals surface area (Å²) in [4.78, 5) is 29.6. The summed E-state index contributed by atoms with van der Waals surface area (Å²) in [5, 5.41) is 12.7. The number of likely N-dealkylation sites (N-methyl/N-ethyl adjacent to an activating group) is 1. The Kier molecular flexibility index (Phi) is 6.78. The summed E-state index contributed by atoms with van der Waals surface area (Å²) in [6.45, 7) is 3.09. The molecule has 11 heteroatoms. The van der Waals surface area contributed by atoms with Crippen LogP contribution in [0, 0.1) is 5.92 Å². The second-order valence-corrected chi connectivity index (χ2v) is 12.9. The van der Waals surface area contributed by atoms with Crippen LogP contribution >= 0.6 is 0 Å². The minimum atomic E-state index is -4.82. The molecule has 8 nitrogen and oxygen atoms in total. The zero-order valence-electron chi connectivity index (χ0n) is 24.6. The average Bonchev–Trinajstić information content (AvgIpc) is 3.70. The Morgan fingerprint density at radius 1 is 1.18 bits per heavy atom. The lowest BCUT2D eigenvalue weighted by molar-refractivity contribution is -0.274. The highest BCUT2D eigenvalue weighted by Crippen LogP contribution is 2.66. The minimum Gasteiger partial charge on any atom is -0.483 e. The summed E-state index contributed by atoms with van der Waals surface area (Å²) < 4.78 is 54.3. The van der Waals surface area contributed by atoms with Crippen molar-refractivity contribution in [2.45, 2.75) is 81.0 Å². The Bertz CT molecular complexity index is 1540. The van der Waals surface area contributed by atoms with Gasteiger partial charge in [0.05, 0.1) is 17.1 Å². The lowest BCUT2D eigenvalue weighted by Gasteiger charge is -2.64. The van der Waals surface area contributed by atoms with Crippen molar-refractivity contribution < 1.29 is 42.1 Å². The number of carbonyl (C=O) groups excluding carboxylic acids is 2. The molecule has 2 aliphatic heterocycles. The van der Waals surface area contributed by atoms with E-state index in [0.29, 0.717) is 48.7 Å². The maximum absolute atomic E-state index is 13.5. The molecule has 2 aromatic rings. The third kappa shape index (κ3) is 4.67. The third-order valence-corrected chi connectivity index (χ3v) is 10.3. The molecule has 5 aliphatic rings. The molecule has 2 unspecified atom stereocenters. The first kappa shape index (κ1) is 29.2. The average molecular weight is 613 g/mol. The fourth-order valence-electron chi connectivity index (χ4n) is 8.34. The lowest BCUT2D eigenvalue weighted by Crippen LogP contribution is -2.78. The van der Waals surface area contributed by atoms with Crippen molar-refractivity contribution in [1.82, 2.24) is 9.80 Å². The van der Waals surface area contributed by atoms with Crippen molar-refractivity contribution in [2.75, 3.05) is 20.1 Å². The van der Waals surface area contributed by atoms with Crippen LogP contribution in [0.25, 0.3) is 6.08 Å². The maximum atomic E-state index is 13.5. The monoisotopic (exact) mass is 612 g/mol. The highest BCUT2D eigenvalue weighted by molar-refractivity contribution is 5.92. The van der Waals surface area contributed by atoms with Crippen LogP contribution in [0.4, 0.5) is 13.2 Å². The number of benzene rings is 2. The molecule has 1 saturated heterocycles. The molecule has 44 heavy (non-hydrogen) atoms. The Labute approximate surface area is 253 Å². The largest absolute Gasteiger partial charge is 0.573 e. The SMILES string of the molecule is CC(=O)Oc1ccc2c3c1OC1C(N(C)C(=O)/C=C/c4cccc(OC(F)(F)F)c4)CC[C@@]4(O)[C@@H](C2)N(CC2CC2)CC[C@]314. The number of carbonyl (C=O) groups is 2. The molecule has 3 fully saturated rings. The van der Waals surface area contributed by atoms with Crippen LogP contribution in [0.2, 0.25) is 0 Å². The van der Waals surface area contributed by atoms with Gasteiger partial charge < -0.3 is 24.2 Å². The van der Waals surface area contributed by atoms with Crippen molar-refractivity contribution in [3.63, 3.8) is 0 Å². The molecule has 1 spiro atoms. The number of rotatable bonds is 7. The van der Waals surface area contributed by atoms with Gasteiger partial charge in [-0.2, -0.15) is 0 Å². The number of hydrogen-bond donors (Lipinski definition) is 1. The van der Waals surface area contributed by atoms with Gasteiger partial charge in [0.25, 0.3) is 0 Å². The van der Waals surface area contributed by atoms with Gasteiger partial charge in [-0.25, -0.2) is 0 Å². The standard InChI is InChI=1S/C33H35F3N2O6/c1-19(39)42-25-10-9-22-17-26-32(41)13-12-24(30-31(32,28(22)29(25)43-30)14-15-38(26)18-21-6-7-21)37(2)27(40)11-8-20-4-3-5-23(16-20)44-33(34,35)36/h3-5,8-11,16,21,24,26,30,41H,6-7,12-15,17-18H2,1-2H3/b11-8+/t24?,26-,30?,31+,32-/m1/s1. The molecular weight excluding hydrogens is 577 g/mol. The first-order chi connectivity index (χ1) is 20.9. The molecule has 0 radical (unpaired) electrons. The van der Waals surface area contributed by atoms with E-state index in [4.69, 9.17) is 9.47 Å². The quantitative estimate of drug-likeness (QED) is 0.278. The highest BCUT2D eigenvalue weighted by Gasteiger charge is 2.73. The van der Waals surface area contributed by atoms with Crippen LogP contribution in [0.3, 0.4) is 0 Å². The van der Waals surface area contributed by atoms with E-state index in [2.05, 4.69) is 9.64 Å². The van der Waals surface area contributed by atoms with Gasteiger partial charge in [-0.15, -0.1) is 13.2 Å². The predicted octanol–water partition coefficient (Wildman–Crippen LogP) is 4.62. The van der Waals surface area contributed by atoms with Gasteiger partial charge >= 0.3 is 12.3 Å². The van der Waals surface area contributed by atoms with Crippen molar-refractivity contribution in [1.29, 1.82) is 0 Å². The number of piperidine rings is 1. The minimum absolute atomic E-state index is 0.0889. The van der Waals surface area contributed by atoms with E-state index < -0.39 is 35.5 Å². The molecule has 2 bridgehead atoms. The predicted molar refractivity (Wildman–Crippen MR) is 153 cm³/mol. The second kappa shape index (κ2) is 10.2. The Morgan fingerprint density at radius 2 is 1.98 bits per heavy atom. The number of ether oxygens (including phenoxy) is 3. The summed E-state index contributed by atoms with van der Waals surface area (Å²) in [7, 11) is 1.68. The van der Waals surface area contributed by atoms with E-state index >= 15 is 0 Å². The van der Waals surface area contributed by atoms with Crippen molar-refractivity contribution in [3.05, 3.63) is 59.2 Å². The smallest absolute Gasteiger partial charge is 0.483 e. The molecule has 7 rings (SSSR count). The Morgan fingerprint density at radius 3 is 2.70 bits per heavy atom. The summed E-state index contributed by atoms with van der Waals surface area (Å²) in [6, 6.07) is 8.66. The molecule has 2 aromatic carbocycles. The number of esters is 1. The molecule has 2 heterocycles. The number of aliphatic hydroxyl groups is 1. The van der Waals surface area contributed by atoms with Gasteiger partial charge in [0, 0.05) is 38.2 Å². The van der Waals surface area contributed by atoms with Crippen LogP contribution in [-0.4, -0.2) is 77.1 Å². The summed E-state index contributed by atoms with van der Waals surface area (Å²) in [6.07, 6.45) is 2.08. The lowest BCUT2D eigenvalue weighted by atomic mass is 9.48. The zero-order chi connectivity index (χ0) is 31.0. The van der Waals surface area contributed by atoms with Gasteiger partial charge in [0.1, 0.15) is 11.9 Å². The molecule has 234 valence electrons. The molecular formula is C33H35F3N2O6. The van der Waals surface area contributed by atoms with Crippen molar-refractivity contribution in [2.24, 2.45) is 5.92 Å². The van der Waals surface area contributed by atoms with Gasteiger partial charge in [-0.1, -0.05) is 18.2 Å². The van der Waals surface area contributed by atoms with E-state index in [1.165, 1.54) is 50.1 Å². The number of amides is 1. The van der Waals surface area contributed by atoms with E-state index in [0.717, 1.165) is 24.2 Å². The topological polar surface area (TPSA) is 88.5 Å². The molecule has 2 saturated carbocycles. The highest BCUT2D eigenvalue weighted by atomic mass is 19.4. The second-order valence-electron chi connectivity index (χ2n) is 12.9. The molecule has 0 aromatic heterocycles. The molecule has 3 aliphatic carbocycles. The number of nitrogens with zero attached hydrogens (tertiary/aromatic N) is 2. The Balaban J connectivity index is 1.21. The zero-order valence-corrected chi connectivity index (χ0v) is 24.6. The summed E-state index contributed by atoms with van der Waals surface area (Å²) in [5.41, 5.74) is 0.468. The maximum Gasteiger partial charge on any atom is 0.573 e. The number of likely N-dealkylation sites (tertiary alicyclic amines) is 1. The molecule has 1 N–H and O–H groups in total. The van der Waals surface area contributed by atoms with Gasteiger partial charge in [-0.05, 0) is 86.4 Å². The van der Waals surface area contributed by atoms with Gasteiger partial charge in [-0.3, -0.25) is 14.5 Å². The van der Waals surface area contributed by atoms with Crippen LogP contribution in [-0.2, 0) is 21.4 Å². The fourth-order valence-corrected chi connectivity index (χ4v) is 8.34. The fraction of sp³-hybridized carbons (Fsp3) is 0.515. The molecule has 5 atom stereocenters. The summed E-state index contributed by atoms with van der Waals surface area (Å²) in [5.74, 6) is 0.257. The third-order valence-electron chi connectivity index (χ3n) is 10.3.